The van der Waals surface area contributed by atoms with Crippen molar-refractivity contribution < 1.29 is 13.2 Å². The van der Waals surface area contributed by atoms with Crippen LogP contribution in [-0.4, -0.2) is 25.9 Å². The number of rotatable bonds is 3. The van der Waals surface area contributed by atoms with E-state index in [1.165, 1.54) is 11.3 Å². The summed E-state index contributed by atoms with van der Waals surface area (Å²) in [5.74, 6) is -0.0571. The predicted molar refractivity (Wildman–Crippen MR) is 100 cm³/mol. The van der Waals surface area contributed by atoms with E-state index in [1.807, 2.05) is 30.3 Å². The van der Waals surface area contributed by atoms with Crippen molar-refractivity contribution in [3.63, 3.8) is 0 Å². The van der Waals surface area contributed by atoms with Gasteiger partial charge in [-0.2, -0.15) is 0 Å². The normalized spacial score (nSPS) is 17.2. The number of thiazole rings is 1. The highest BCUT2D eigenvalue weighted by Crippen LogP contribution is 2.27. The van der Waals surface area contributed by atoms with Crippen molar-refractivity contribution in [2.45, 2.75) is 11.5 Å². The number of carbonyl (C=O) groups is 1. The van der Waals surface area contributed by atoms with E-state index >= 15 is 0 Å². The first-order valence-electron chi connectivity index (χ1n) is 8.05. The van der Waals surface area contributed by atoms with Crippen LogP contribution in [0.2, 0.25) is 0 Å². The van der Waals surface area contributed by atoms with Gasteiger partial charge in [0.25, 0.3) is 5.91 Å². The van der Waals surface area contributed by atoms with E-state index in [9.17, 15) is 13.2 Å². The van der Waals surface area contributed by atoms with Crippen LogP contribution in [-0.2, 0) is 26.1 Å². The van der Waals surface area contributed by atoms with Gasteiger partial charge in [-0.3, -0.25) is 4.79 Å². The third-order valence-corrected chi connectivity index (χ3v) is 7.05. The first-order chi connectivity index (χ1) is 12.5. The molecule has 1 amide bonds. The van der Waals surface area contributed by atoms with Gasteiger partial charge in [-0.05, 0) is 35.4 Å². The van der Waals surface area contributed by atoms with Crippen LogP contribution in [0.1, 0.15) is 11.1 Å². The van der Waals surface area contributed by atoms with E-state index in [-0.39, 0.29) is 17.4 Å². The van der Waals surface area contributed by atoms with Gasteiger partial charge in [0.1, 0.15) is 0 Å². The van der Waals surface area contributed by atoms with Crippen LogP contribution in [0.5, 0.6) is 0 Å². The molecular formula is C18H13N3O3S2. The topological polar surface area (TPSA) is 88.5 Å². The summed E-state index contributed by atoms with van der Waals surface area (Å²) in [5.41, 5.74) is 5.71. The molecule has 130 valence electrons. The van der Waals surface area contributed by atoms with E-state index in [4.69, 9.17) is 0 Å². The van der Waals surface area contributed by atoms with Crippen LogP contribution in [0.25, 0.3) is 15.8 Å². The van der Waals surface area contributed by atoms with Crippen molar-refractivity contribution in [2.75, 3.05) is 11.9 Å². The van der Waals surface area contributed by atoms with Crippen molar-refractivity contribution in [1.82, 2.24) is 4.98 Å². The van der Waals surface area contributed by atoms with Crippen LogP contribution in [0, 0.1) is 0 Å². The predicted octanol–water partition coefficient (Wildman–Crippen LogP) is 1.15. The number of hydrogen-bond acceptors (Lipinski definition) is 6. The third kappa shape index (κ3) is 2.45. The highest BCUT2D eigenvalue weighted by Gasteiger charge is 2.25. The number of benzene rings is 2. The maximum Gasteiger partial charge on any atom is 0.276 e. The maximum atomic E-state index is 12.4. The highest BCUT2D eigenvalue weighted by atomic mass is 32.2. The van der Waals surface area contributed by atoms with Crippen molar-refractivity contribution in [3.05, 3.63) is 57.5 Å². The molecule has 0 radical (unpaired) electrons. The van der Waals surface area contributed by atoms with Gasteiger partial charge < -0.3 is 5.32 Å². The molecule has 1 N–H and O–H groups in total. The molecule has 3 heterocycles. The largest absolute Gasteiger partial charge is 0.381 e. The van der Waals surface area contributed by atoms with Gasteiger partial charge in [-0.25, -0.2) is 18.4 Å². The van der Waals surface area contributed by atoms with Crippen LogP contribution >= 0.6 is 11.3 Å². The summed E-state index contributed by atoms with van der Waals surface area (Å²) in [6.45, 7) is 0.331. The summed E-state index contributed by atoms with van der Waals surface area (Å²) in [4.78, 5) is 20.8. The zero-order chi connectivity index (χ0) is 17.9. The Kier molecular flexibility index (Phi) is 3.29. The molecule has 5 rings (SSSR count). The van der Waals surface area contributed by atoms with Gasteiger partial charge >= 0.3 is 0 Å². The van der Waals surface area contributed by atoms with E-state index in [2.05, 4.69) is 15.3 Å². The fourth-order valence-corrected chi connectivity index (χ4v) is 5.94. The Labute approximate surface area is 152 Å². The number of aromatic nitrogens is 1. The average molecular weight is 383 g/mol. The number of hydrogen-bond donors (Lipinski definition) is 1. The Balaban J connectivity index is 1.51. The molecule has 0 atom stereocenters. The van der Waals surface area contributed by atoms with Crippen LogP contribution in [0.3, 0.4) is 0 Å². The fraction of sp³-hybridized carbons (Fsp3) is 0.167. The second-order valence-electron chi connectivity index (χ2n) is 6.43. The molecule has 2 aliphatic rings. The molecule has 2 aromatic carbocycles. The second kappa shape index (κ2) is 5.46. The van der Waals surface area contributed by atoms with Crippen molar-refractivity contribution >= 4 is 48.6 Å². The lowest BCUT2D eigenvalue weighted by Crippen LogP contribution is -2.25. The first-order valence-corrected chi connectivity index (χ1v) is 10.7. The molecule has 3 aromatic rings. The minimum atomic E-state index is -3.03. The van der Waals surface area contributed by atoms with Gasteiger partial charge in [0.05, 0.1) is 32.6 Å². The molecule has 0 saturated carbocycles. The summed E-state index contributed by atoms with van der Waals surface area (Å²) in [6.07, 6.45) is 0. The number of sulfone groups is 1. The highest BCUT2D eigenvalue weighted by molar-refractivity contribution is 7.90. The standard InChI is InChI=1S/C18H13N3O3S2/c22-18-13(16-14(21-18)3-4-15-17(16)25-9-20-15)6-19-12-2-1-10-7-26(23,24)8-11(10)5-12/h1-5,9,19H,6-8H2. The molecule has 0 bridgehead atoms. The van der Waals surface area contributed by atoms with Gasteiger partial charge in [-0.15, -0.1) is 11.3 Å². The summed E-state index contributed by atoms with van der Waals surface area (Å²) in [7, 11) is -3.03. The summed E-state index contributed by atoms with van der Waals surface area (Å²) in [6, 6.07) is 9.24. The summed E-state index contributed by atoms with van der Waals surface area (Å²) in [5, 5.41) is 4.78. The molecule has 2 aliphatic heterocycles. The Hall–Kier alpha value is -2.58. The average Bonchev–Trinajstić information content (AvgIpc) is 3.25. The number of nitrogens with one attached hydrogen (secondary N) is 1. The molecule has 1 aromatic heterocycles. The van der Waals surface area contributed by atoms with Gasteiger partial charge in [0, 0.05) is 23.0 Å². The first kappa shape index (κ1) is 15.7. The van der Waals surface area contributed by atoms with Gasteiger partial charge in [-0.1, -0.05) is 6.07 Å². The van der Waals surface area contributed by atoms with E-state index in [1.54, 1.807) is 5.51 Å². The van der Waals surface area contributed by atoms with Crippen LogP contribution < -0.4 is 15.9 Å². The zero-order valence-corrected chi connectivity index (χ0v) is 15.2. The second-order valence-corrected chi connectivity index (χ2v) is 9.34. The molecule has 0 spiro atoms. The van der Waals surface area contributed by atoms with E-state index in [0.717, 1.165) is 32.2 Å². The number of nitrogens with zero attached hydrogens (tertiary/aromatic N) is 2. The number of anilines is 1. The SMILES string of the molecule is O=C1N=c2ccc3ncsc3c2=C1CNc1ccc2c(c1)CS(=O)(=O)C2. The number of amides is 1. The van der Waals surface area contributed by atoms with E-state index in [0.29, 0.717) is 17.5 Å². The lowest BCUT2D eigenvalue weighted by atomic mass is 10.1. The van der Waals surface area contributed by atoms with Crippen molar-refractivity contribution in [1.29, 1.82) is 0 Å². The quantitative estimate of drug-likeness (QED) is 0.733. The lowest BCUT2D eigenvalue weighted by Gasteiger charge is -2.08. The minimum absolute atomic E-state index is 0.0764. The molecule has 8 heteroatoms. The number of carbonyl (C=O) groups excluding carboxylic acids is 1. The summed E-state index contributed by atoms with van der Waals surface area (Å²) >= 11 is 1.50. The molecule has 0 fully saturated rings. The van der Waals surface area contributed by atoms with Crippen molar-refractivity contribution in [2.24, 2.45) is 4.99 Å². The fourth-order valence-electron chi connectivity index (χ4n) is 3.48. The third-order valence-electron chi connectivity index (χ3n) is 4.69. The molecule has 0 unspecified atom stereocenters. The summed E-state index contributed by atoms with van der Waals surface area (Å²) < 4.78 is 24.5. The lowest BCUT2D eigenvalue weighted by molar-refractivity contribution is -0.112. The number of fused-ring (bicyclic) bond motifs is 4. The zero-order valence-electron chi connectivity index (χ0n) is 13.5. The Morgan fingerprint density at radius 2 is 1.96 bits per heavy atom. The minimum Gasteiger partial charge on any atom is -0.381 e. The maximum absolute atomic E-state index is 12.4. The molecule has 0 aliphatic carbocycles. The smallest absolute Gasteiger partial charge is 0.276 e. The monoisotopic (exact) mass is 383 g/mol. The molecule has 0 saturated heterocycles. The Bertz CT molecular complexity index is 1320. The Morgan fingerprint density at radius 3 is 2.85 bits per heavy atom. The van der Waals surface area contributed by atoms with Gasteiger partial charge in [0.2, 0.25) is 0 Å². The van der Waals surface area contributed by atoms with Crippen LogP contribution in [0.15, 0.2) is 40.8 Å². The van der Waals surface area contributed by atoms with Crippen molar-refractivity contribution in [3.8, 4) is 0 Å². The Morgan fingerprint density at radius 1 is 1.12 bits per heavy atom. The van der Waals surface area contributed by atoms with Gasteiger partial charge in [0.15, 0.2) is 9.84 Å². The molecular weight excluding hydrogens is 370 g/mol. The van der Waals surface area contributed by atoms with Crippen LogP contribution in [0.4, 0.5) is 5.69 Å². The molecule has 26 heavy (non-hydrogen) atoms. The van der Waals surface area contributed by atoms with E-state index < -0.39 is 9.84 Å². The molecule has 6 nitrogen and oxygen atoms in total.